The molecule has 0 spiro atoms. The second-order valence-corrected chi connectivity index (χ2v) is 6.93. The molecule has 0 amide bonds. The van der Waals surface area contributed by atoms with Crippen molar-refractivity contribution in [3.8, 4) is 5.75 Å². The van der Waals surface area contributed by atoms with Gasteiger partial charge < -0.3 is 4.74 Å². The highest BCUT2D eigenvalue weighted by Crippen LogP contribution is 2.41. The summed E-state index contributed by atoms with van der Waals surface area (Å²) in [4.78, 5) is 12.7. The number of Topliss-reactive ketones (excluding diaryl/α,β-unsaturated/α-hetero) is 1. The summed E-state index contributed by atoms with van der Waals surface area (Å²) in [5, 5.41) is 0. The standard InChI is InChI=1S/C20H26O2/c1-14(2)22-19-10-6-5-9-16(19)13-17-11-12-18(20(17)21)15-7-3-4-8-15/h5-6,9-10,13-15,18H,3-4,7-8,11-12H2,1-2H3. The maximum Gasteiger partial charge on any atom is 0.162 e. The predicted molar refractivity (Wildman–Crippen MR) is 89.9 cm³/mol. The third-order valence-corrected chi connectivity index (χ3v) is 4.96. The fourth-order valence-corrected chi connectivity index (χ4v) is 3.91. The lowest BCUT2D eigenvalue weighted by atomic mass is 9.88. The molecule has 1 aromatic rings. The van der Waals surface area contributed by atoms with Crippen LogP contribution in [0.5, 0.6) is 5.75 Å². The van der Waals surface area contributed by atoms with E-state index in [1.165, 1.54) is 25.7 Å². The van der Waals surface area contributed by atoms with Crippen LogP contribution < -0.4 is 4.74 Å². The van der Waals surface area contributed by atoms with E-state index in [2.05, 4.69) is 6.08 Å². The Kier molecular flexibility index (Phi) is 4.66. The molecule has 3 rings (SSSR count). The van der Waals surface area contributed by atoms with E-state index < -0.39 is 0 Å². The highest BCUT2D eigenvalue weighted by atomic mass is 16.5. The van der Waals surface area contributed by atoms with Gasteiger partial charge in [0.2, 0.25) is 0 Å². The topological polar surface area (TPSA) is 26.3 Å². The Morgan fingerprint density at radius 2 is 1.86 bits per heavy atom. The summed E-state index contributed by atoms with van der Waals surface area (Å²) in [6.07, 6.45) is 9.28. The van der Waals surface area contributed by atoms with Crippen LogP contribution in [0.1, 0.15) is 57.9 Å². The molecule has 0 heterocycles. The first-order chi connectivity index (χ1) is 10.6. The van der Waals surface area contributed by atoms with Gasteiger partial charge in [0.1, 0.15) is 5.75 Å². The fourth-order valence-electron chi connectivity index (χ4n) is 3.91. The molecule has 1 unspecified atom stereocenters. The third-order valence-electron chi connectivity index (χ3n) is 4.96. The average Bonchev–Trinajstić information content (AvgIpc) is 3.11. The number of para-hydroxylation sites is 1. The molecule has 0 bridgehead atoms. The summed E-state index contributed by atoms with van der Waals surface area (Å²) in [6.45, 7) is 4.06. The molecule has 1 atom stereocenters. The van der Waals surface area contributed by atoms with Gasteiger partial charge in [0.25, 0.3) is 0 Å². The number of rotatable bonds is 4. The van der Waals surface area contributed by atoms with Gasteiger partial charge in [-0.2, -0.15) is 0 Å². The van der Waals surface area contributed by atoms with Gasteiger partial charge in [-0.05, 0) is 63.2 Å². The van der Waals surface area contributed by atoms with Gasteiger partial charge in [-0.3, -0.25) is 4.79 Å². The Labute approximate surface area is 133 Å². The molecule has 2 saturated carbocycles. The van der Waals surface area contributed by atoms with E-state index in [0.29, 0.717) is 11.7 Å². The molecule has 2 aliphatic rings. The van der Waals surface area contributed by atoms with Gasteiger partial charge in [-0.1, -0.05) is 31.0 Å². The normalized spacial score (nSPS) is 24.6. The number of carbonyl (C=O) groups is 1. The van der Waals surface area contributed by atoms with Crippen LogP contribution in [0.15, 0.2) is 29.8 Å². The molecule has 2 fully saturated rings. The van der Waals surface area contributed by atoms with Crippen molar-refractivity contribution in [2.24, 2.45) is 11.8 Å². The zero-order valence-corrected chi connectivity index (χ0v) is 13.7. The maximum absolute atomic E-state index is 12.7. The minimum absolute atomic E-state index is 0.144. The number of ether oxygens (including phenoxy) is 1. The van der Waals surface area contributed by atoms with E-state index in [9.17, 15) is 4.79 Å². The van der Waals surface area contributed by atoms with Gasteiger partial charge in [0, 0.05) is 11.5 Å². The van der Waals surface area contributed by atoms with Crippen LogP contribution in [0.2, 0.25) is 0 Å². The van der Waals surface area contributed by atoms with Crippen molar-refractivity contribution in [2.75, 3.05) is 0 Å². The molecular formula is C20H26O2. The summed E-state index contributed by atoms with van der Waals surface area (Å²) in [5.74, 6) is 2.20. The summed E-state index contributed by atoms with van der Waals surface area (Å²) in [6, 6.07) is 8.02. The van der Waals surface area contributed by atoms with Gasteiger partial charge in [-0.15, -0.1) is 0 Å². The lowest BCUT2D eigenvalue weighted by Gasteiger charge is -2.15. The molecule has 0 N–H and O–H groups in total. The molecular weight excluding hydrogens is 272 g/mol. The summed E-state index contributed by atoms with van der Waals surface area (Å²) in [5.41, 5.74) is 2.03. The first kappa shape index (κ1) is 15.3. The van der Waals surface area contributed by atoms with Crippen LogP contribution in [-0.2, 0) is 4.79 Å². The maximum atomic E-state index is 12.7. The van der Waals surface area contributed by atoms with Crippen LogP contribution in [-0.4, -0.2) is 11.9 Å². The van der Waals surface area contributed by atoms with Crippen molar-refractivity contribution in [1.29, 1.82) is 0 Å². The zero-order valence-electron chi connectivity index (χ0n) is 13.7. The molecule has 0 radical (unpaired) electrons. The highest BCUT2D eigenvalue weighted by Gasteiger charge is 2.36. The van der Waals surface area contributed by atoms with Crippen LogP contribution in [0.25, 0.3) is 6.08 Å². The zero-order chi connectivity index (χ0) is 15.5. The van der Waals surface area contributed by atoms with Crippen molar-refractivity contribution in [1.82, 2.24) is 0 Å². The van der Waals surface area contributed by atoms with E-state index in [-0.39, 0.29) is 12.0 Å². The van der Waals surface area contributed by atoms with Crippen molar-refractivity contribution < 1.29 is 9.53 Å². The molecule has 0 aromatic heterocycles. The predicted octanol–water partition coefficient (Wildman–Crippen LogP) is 5.03. The Balaban J connectivity index is 1.79. The van der Waals surface area contributed by atoms with E-state index >= 15 is 0 Å². The highest BCUT2D eigenvalue weighted by molar-refractivity contribution is 6.03. The van der Waals surface area contributed by atoms with Gasteiger partial charge >= 0.3 is 0 Å². The second-order valence-electron chi connectivity index (χ2n) is 6.93. The number of hydrogen-bond acceptors (Lipinski definition) is 2. The van der Waals surface area contributed by atoms with Crippen molar-refractivity contribution in [3.63, 3.8) is 0 Å². The Morgan fingerprint density at radius 3 is 2.59 bits per heavy atom. The molecule has 1 aromatic carbocycles. The smallest absolute Gasteiger partial charge is 0.162 e. The van der Waals surface area contributed by atoms with Crippen molar-refractivity contribution in [2.45, 2.75) is 58.5 Å². The van der Waals surface area contributed by atoms with Crippen molar-refractivity contribution in [3.05, 3.63) is 35.4 Å². The first-order valence-corrected chi connectivity index (χ1v) is 8.65. The lowest BCUT2D eigenvalue weighted by molar-refractivity contribution is -0.119. The Morgan fingerprint density at radius 1 is 1.14 bits per heavy atom. The average molecular weight is 298 g/mol. The van der Waals surface area contributed by atoms with Crippen LogP contribution >= 0.6 is 0 Å². The third kappa shape index (κ3) is 3.26. The molecule has 2 aliphatic carbocycles. The molecule has 118 valence electrons. The SMILES string of the molecule is CC(C)Oc1ccccc1C=C1CCC(C2CCCC2)C1=O. The van der Waals surface area contributed by atoms with E-state index in [1.807, 2.05) is 38.1 Å². The lowest BCUT2D eigenvalue weighted by Crippen LogP contribution is -2.16. The summed E-state index contributed by atoms with van der Waals surface area (Å²) < 4.78 is 5.86. The Bertz CT molecular complexity index is 565. The Hall–Kier alpha value is -1.57. The number of carbonyl (C=O) groups excluding carboxylic acids is 1. The number of ketones is 1. The number of hydrogen-bond donors (Lipinski definition) is 0. The largest absolute Gasteiger partial charge is 0.490 e. The van der Waals surface area contributed by atoms with Gasteiger partial charge in [0.05, 0.1) is 6.10 Å². The molecule has 2 heteroatoms. The van der Waals surface area contributed by atoms with Crippen LogP contribution in [0.4, 0.5) is 0 Å². The molecule has 0 saturated heterocycles. The summed E-state index contributed by atoms with van der Waals surface area (Å²) >= 11 is 0. The van der Waals surface area contributed by atoms with E-state index in [1.54, 1.807) is 0 Å². The van der Waals surface area contributed by atoms with E-state index in [0.717, 1.165) is 29.7 Å². The minimum atomic E-state index is 0.144. The van der Waals surface area contributed by atoms with Gasteiger partial charge in [0.15, 0.2) is 5.78 Å². The van der Waals surface area contributed by atoms with E-state index in [4.69, 9.17) is 4.74 Å². The monoisotopic (exact) mass is 298 g/mol. The van der Waals surface area contributed by atoms with Crippen LogP contribution in [0.3, 0.4) is 0 Å². The molecule has 22 heavy (non-hydrogen) atoms. The summed E-state index contributed by atoms with van der Waals surface area (Å²) in [7, 11) is 0. The minimum Gasteiger partial charge on any atom is -0.490 e. The molecule has 0 aliphatic heterocycles. The number of benzene rings is 1. The molecule has 2 nitrogen and oxygen atoms in total. The van der Waals surface area contributed by atoms with Gasteiger partial charge in [-0.25, -0.2) is 0 Å². The van der Waals surface area contributed by atoms with Crippen LogP contribution in [0, 0.1) is 11.8 Å². The van der Waals surface area contributed by atoms with Crippen molar-refractivity contribution >= 4 is 11.9 Å². The second kappa shape index (κ2) is 6.68. The fraction of sp³-hybridized carbons (Fsp3) is 0.550. The quantitative estimate of drug-likeness (QED) is 0.729. The number of allylic oxidation sites excluding steroid dienone is 1. The first-order valence-electron chi connectivity index (χ1n) is 8.65.